The molecule has 0 saturated carbocycles. The number of carbonyl (C=O) groups is 2. The third kappa shape index (κ3) is 4.77. The van der Waals surface area contributed by atoms with Gasteiger partial charge in [-0.3, -0.25) is 14.5 Å². The highest BCUT2D eigenvalue weighted by Gasteiger charge is 2.37. The van der Waals surface area contributed by atoms with Crippen molar-refractivity contribution in [1.29, 1.82) is 0 Å². The number of nitrogens with zero attached hydrogens (tertiary/aromatic N) is 1. The highest BCUT2D eigenvalue weighted by Crippen LogP contribution is 2.33. The zero-order valence-electron chi connectivity index (χ0n) is 16.8. The average molecular weight is 393 g/mol. The van der Waals surface area contributed by atoms with Crippen LogP contribution in [0.5, 0.6) is 0 Å². The molecule has 1 fully saturated rings. The van der Waals surface area contributed by atoms with Crippen LogP contribution in [0.25, 0.3) is 0 Å². The monoisotopic (exact) mass is 392 g/mol. The Morgan fingerprint density at radius 2 is 1.83 bits per heavy atom. The van der Waals surface area contributed by atoms with Crippen LogP contribution in [0.4, 0.5) is 11.4 Å². The number of benzene rings is 2. The Labute approximate surface area is 171 Å². The smallest absolute Gasteiger partial charge is 0.222 e. The van der Waals surface area contributed by atoms with E-state index in [9.17, 15) is 9.59 Å². The first-order chi connectivity index (χ1) is 14.0. The Morgan fingerprint density at radius 3 is 2.55 bits per heavy atom. The molecule has 0 radical (unpaired) electrons. The van der Waals surface area contributed by atoms with Crippen LogP contribution in [-0.4, -0.2) is 35.3 Å². The van der Waals surface area contributed by atoms with Gasteiger partial charge in [0.15, 0.2) is 0 Å². The van der Waals surface area contributed by atoms with Crippen LogP contribution in [0.3, 0.4) is 0 Å². The largest absolute Gasteiger partial charge is 0.379 e. The molecular weight excluding hydrogens is 364 g/mol. The van der Waals surface area contributed by atoms with Crippen LogP contribution >= 0.6 is 0 Å². The van der Waals surface area contributed by atoms with Crippen molar-refractivity contribution in [2.75, 3.05) is 23.7 Å². The number of likely N-dealkylation sites (tertiary alicyclic amines) is 1. The Morgan fingerprint density at radius 1 is 1.10 bits per heavy atom. The van der Waals surface area contributed by atoms with Crippen LogP contribution in [0.1, 0.15) is 37.3 Å². The van der Waals surface area contributed by atoms with Gasteiger partial charge in [0, 0.05) is 56.4 Å². The zero-order chi connectivity index (χ0) is 20.3. The molecular formula is C23H28N4O2. The lowest BCUT2D eigenvalue weighted by Crippen LogP contribution is -2.52. The predicted octanol–water partition coefficient (Wildman–Crippen LogP) is 3.11. The SMILES string of the molecule is CC(=O)Nc1ccc(CN2CCC3(CC2)CC(=O)NCc2ccccc2N3)cc1. The minimum atomic E-state index is -0.188. The molecule has 1 spiro atoms. The van der Waals surface area contributed by atoms with E-state index in [1.807, 2.05) is 24.3 Å². The van der Waals surface area contributed by atoms with Crippen LogP contribution in [0, 0.1) is 0 Å². The lowest BCUT2D eigenvalue weighted by molar-refractivity contribution is -0.122. The third-order valence-corrected chi connectivity index (χ3v) is 5.89. The number of piperidine rings is 1. The number of rotatable bonds is 3. The van der Waals surface area contributed by atoms with Gasteiger partial charge < -0.3 is 16.0 Å². The topological polar surface area (TPSA) is 73.5 Å². The molecule has 2 aromatic carbocycles. The lowest BCUT2D eigenvalue weighted by atomic mass is 9.82. The van der Waals surface area contributed by atoms with Crippen molar-refractivity contribution in [3.05, 3.63) is 59.7 Å². The molecule has 2 aromatic rings. The average Bonchev–Trinajstić information content (AvgIpc) is 2.69. The van der Waals surface area contributed by atoms with Gasteiger partial charge in [-0.05, 0) is 42.2 Å². The maximum atomic E-state index is 12.4. The number of fused-ring (bicyclic) bond motifs is 1. The molecule has 0 atom stereocenters. The van der Waals surface area contributed by atoms with Crippen molar-refractivity contribution in [3.8, 4) is 0 Å². The Hall–Kier alpha value is -2.86. The number of carbonyl (C=O) groups excluding carboxylic acids is 2. The van der Waals surface area contributed by atoms with Gasteiger partial charge in [0.2, 0.25) is 11.8 Å². The summed E-state index contributed by atoms with van der Waals surface area (Å²) in [6.07, 6.45) is 2.37. The first-order valence-electron chi connectivity index (χ1n) is 10.2. The van der Waals surface area contributed by atoms with Crippen molar-refractivity contribution in [3.63, 3.8) is 0 Å². The fraction of sp³-hybridized carbons (Fsp3) is 0.391. The predicted molar refractivity (Wildman–Crippen MR) is 115 cm³/mol. The number of amides is 2. The van der Waals surface area contributed by atoms with E-state index in [1.54, 1.807) is 0 Å². The molecule has 2 amide bonds. The maximum absolute atomic E-state index is 12.4. The Balaban J connectivity index is 1.40. The summed E-state index contributed by atoms with van der Waals surface area (Å²) < 4.78 is 0. The number of para-hydroxylation sites is 1. The summed E-state index contributed by atoms with van der Waals surface area (Å²) in [5.41, 5.74) is 4.13. The summed E-state index contributed by atoms with van der Waals surface area (Å²) in [7, 11) is 0. The van der Waals surface area contributed by atoms with Gasteiger partial charge in [0.05, 0.1) is 0 Å². The van der Waals surface area contributed by atoms with E-state index in [1.165, 1.54) is 12.5 Å². The number of hydrogen-bond acceptors (Lipinski definition) is 4. The molecule has 3 N–H and O–H groups in total. The van der Waals surface area contributed by atoms with Gasteiger partial charge in [-0.2, -0.15) is 0 Å². The van der Waals surface area contributed by atoms with Crippen LogP contribution in [0.15, 0.2) is 48.5 Å². The summed E-state index contributed by atoms with van der Waals surface area (Å²) in [6, 6.07) is 16.3. The first kappa shape index (κ1) is 19.5. The number of nitrogens with one attached hydrogen (secondary N) is 3. The summed E-state index contributed by atoms with van der Waals surface area (Å²) in [6.45, 7) is 4.85. The molecule has 0 bridgehead atoms. The van der Waals surface area contributed by atoms with Crippen molar-refractivity contribution < 1.29 is 9.59 Å². The molecule has 2 heterocycles. The van der Waals surface area contributed by atoms with Gasteiger partial charge >= 0.3 is 0 Å². The third-order valence-electron chi connectivity index (χ3n) is 5.89. The van der Waals surface area contributed by atoms with E-state index < -0.39 is 0 Å². The number of hydrogen-bond donors (Lipinski definition) is 3. The van der Waals surface area contributed by atoms with Gasteiger partial charge in [0.1, 0.15) is 0 Å². The fourth-order valence-corrected chi connectivity index (χ4v) is 4.29. The van der Waals surface area contributed by atoms with E-state index >= 15 is 0 Å². The van der Waals surface area contributed by atoms with E-state index in [-0.39, 0.29) is 17.4 Å². The normalized spacial score (nSPS) is 18.7. The fourth-order valence-electron chi connectivity index (χ4n) is 4.29. The number of anilines is 2. The Kier molecular flexibility index (Phi) is 5.53. The molecule has 0 unspecified atom stereocenters. The van der Waals surface area contributed by atoms with Crippen LogP contribution in [-0.2, 0) is 22.7 Å². The second-order valence-electron chi connectivity index (χ2n) is 8.17. The van der Waals surface area contributed by atoms with Crippen molar-refractivity contribution >= 4 is 23.2 Å². The molecule has 29 heavy (non-hydrogen) atoms. The van der Waals surface area contributed by atoms with Gasteiger partial charge in [-0.15, -0.1) is 0 Å². The molecule has 6 heteroatoms. The van der Waals surface area contributed by atoms with E-state index in [4.69, 9.17) is 0 Å². The lowest BCUT2D eigenvalue weighted by Gasteiger charge is -2.44. The molecule has 152 valence electrons. The van der Waals surface area contributed by atoms with Crippen LogP contribution < -0.4 is 16.0 Å². The molecule has 1 saturated heterocycles. The molecule has 4 rings (SSSR count). The second-order valence-corrected chi connectivity index (χ2v) is 8.17. The highest BCUT2D eigenvalue weighted by molar-refractivity contribution is 5.88. The summed E-state index contributed by atoms with van der Waals surface area (Å²) in [4.78, 5) is 26.0. The van der Waals surface area contributed by atoms with Crippen LogP contribution in [0.2, 0.25) is 0 Å². The molecule has 0 aromatic heterocycles. The van der Waals surface area contributed by atoms with E-state index in [0.717, 1.165) is 49.4 Å². The quantitative estimate of drug-likeness (QED) is 0.750. The first-order valence-corrected chi connectivity index (χ1v) is 10.2. The Bertz CT molecular complexity index is 886. The van der Waals surface area contributed by atoms with Gasteiger partial charge in [-0.25, -0.2) is 0 Å². The van der Waals surface area contributed by atoms with Crippen molar-refractivity contribution in [2.24, 2.45) is 0 Å². The van der Waals surface area contributed by atoms with Gasteiger partial charge in [0.25, 0.3) is 0 Å². The van der Waals surface area contributed by atoms with E-state index in [0.29, 0.717) is 13.0 Å². The van der Waals surface area contributed by atoms with Crippen molar-refractivity contribution in [1.82, 2.24) is 10.2 Å². The summed E-state index contributed by atoms with van der Waals surface area (Å²) >= 11 is 0. The molecule has 2 aliphatic rings. The van der Waals surface area contributed by atoms with Crippen molar-refractivity contribution in [2.45, 2.75) is 44.8 Å². The molecule has 2 aliphatic heterocycles. The van der Waals surface area contributed by atoms with E-state index in [2.05, 4.69) is 45.1 Å². The summed E-state index contributed by atoms with van der Waals surface area (Å²) in [5.74, 6) is 0.0606. The molecule has 0 aliphatic carbocycles. The van der Waals surface area contributed by atoms with Gasteiger partial charge in [-0.1, -0.05) is 30.3 Å². The minimum Gasteiger partial charge on any atom is -0.379 e. The standard InChI is InChI=1S/C23H28N4O2/c1-17(28)25-20-8-6-18(7-9-20)16-27-12-10-23(11-13-27)14-22(29)24-15-19-4-2-3-5-21(19)26-23/h2-9,26H,10-16H2,1H3,(H,24,29)(H,25,28). The minimum absolute atomic E-state index is 0.0589. The molecule has 6 nitrogen and oxygen atoms in total. The second kappa shape index (κ2) is 8.25. The summed E-state index contributed by atoms with van der Waals surface area (Å²) in [5, 5.41) is 9.59. The zero-order valence-corrected chi connectivity index (χ0v) is 16.8. The highest BCUT2D eigenvalue weighted by atomic mass is 16.2. The maximum Gasteiger partial charge on any atom is 0.222 e.